The molecule has 0 spiro atoms. The zero-order valence-corrected chi connectivity index (χ0v) is 10.2. The van der Waals surface area contributed by atoms with Crippen LogP contribution in [0.3, 0.4) is 0 Å². The lowest BCUT2D eigenvalue weighted by Crippen LogP contribution is -2.41. The van der Waals surface area contributed by atoms with Gasteiger partial charge in [-0.2, -0.15) is 13.2 Å². The molecule has 0 aliphatic heterocycles. The van der Waals surface area contributed by atoms with E-state index in [2.05, 4.69) is 15.9 Å². The van der Waals surface area contributed by atoms with Gasteiger partial charge in [-0.05, 0) is 17.7 Å². The second-order valence-corrected chi connectivity index (χ2v) is 4.21. The topological polar surface area (TPSA) is 66.4 Å². The zero-order valence-electron chi connectivity index (χ0n) is 8.66. The fourth-order valence-electron chi connectivity index (χ4n) is 1.19. The highest BCUT2D eigenvalue weighted by molar-refractivity contribution is 9.10. The van der Waals surface area contributed by atoms with E-state index in [-0.39, 0.29) is 5.56 Å². The number of halogens is 4. The highest BCUT2D eigenvalue weighted by atomic mass is 79.9. The SMILES string of the molecule is O=C(O)C(NC(=O)C(F)(F)F)c1cccc(Br)c1. The van der Waals surface area contributed by atoms with Crippen molar-refractivity contribution in [2.24, 2.45) is 0 Å². The summed E-state index contributed by atoms with van der Waals surface area (Å²) in [5, 5.41) is 10.3. The first-order valence-electron chi connectivity index (χ1n) is 4.58. The first-order valence-corrected chi connectivity index (χ1v) is 5.37. The molecule has 0 heterocycles. The number of carboxylic acids is 1. The summed E-state index contributed by atoms with van der Waals surface area (Å²) < 4.78 is 36.7. The van der Waals surface area contributed by atoms with Gasteiger partial charge in [0, 0.05) is 4.47 Å². The van der Waals surface area contributed by atoms with Crippen molar-refractivity contribution in [3.05, 3.63) is 34.3 Å². The maximum Gasteiger partial charge on any atom is 0.471 e. The fraction of sp³-hybridized carbons (Fsp3) is 0.200. The predicted octanol–water partition coefficient (Wildman–Crippen LogP) is 2.25. The summed E-state index contributed by atoms with van der Waals surface area (Å²) in [7, 11) is 0. The number of benzene rings is 1. The van der Waals surface area contributed by atoms with Gasteiger partial charge < -0.3 is 10.4 Å². The van der Waals surface area contributed by atoms with Crippen LogP contribution in [0.1, 0.15) is 11.6 Å². The molecule has 1 rings (SSSR count). The molecule has 98 valence electrons. The lowest BCUT2D eigenvalue weighted by molar-refractivity contribution is -0.175. The highest BCUT2D eigenvalue weighted by Crippen LogP contribution is 2.21. The summed E-state index contributed by atoms with van der Waals surface area (Å²) in [6.45, 7) is 0. The Balaban J connectivity index is 2.98. The molecule has 1 unspecified atom stereocenters. The molecule has 1 atom stereocenters. The van der Waals surface area contributed by atoms with Gasteiger partial charge in [-0.1, -0.05) is 28.1 Å². The third kappa shape index (κ3) is 3.73. The summed E-state index contributed by atoms with van der Waals surface area (Å²) in [5.41, 5.74) is 0.0366. The van der Waals surface area contributed by atoms with Crippen molar-refractivity contribution >= 4 is 27.8 Å². The second-order valence-electron chi connectivity index (χ2n) is 3.30. The summed E-state index contributed by atoms with van der Waals surface area (Å²) in [6, 6.07) is 3.90. The number of nitrogens with one attached hydrogen (secondary N) is 1. The van der Waals surface area contributed by atoms with Crippen LogP contribution in [0.4, 0.5) is 13.2 Å². The number of aliphatic carboxylic acids is 1. The van der Waals surface area contributed by atoms with Crippen LogP contribution in [-0.4, -0.2) is 23.2 Å². The van der Waals surface area contributed by atoms with Crippen LogP contribution in [0.25, 0.3) is 0 Å². The van der Waals surface area contributed by atoms with Crippen molar-refractivity contribution in [2.75, 3.05) is 0 Å². The number of rotatable bonds is 3. The van der Waals surface area contributed by atoms with Crippen molar-refractivity contribution in [3.63, 3.8) is 0 Å². The number of alkyl halides is 3. The van der Waals surface area contributed by atoms with E-state index in [0.717, 1.165) is 0 Å². The first-order chi connectivity index (χ1) is 8.21. The molecule has 0 saturated heterocycles. The average molecular weight is 326 g/mol. The Hall–Kier alpha value is -1.57. The van der Waals surface area contributed by atoms with Crippen molar-refractivity contribution in [1.29, 1.82) is 0 Å². The molecule has 0 aliphatic carbocycles. The van der Waals surface area contributed by atoms with Crippen LogP contribution in [0.15, 0.2) is 28.7 Å². The molecule has 18 heavy (non-hydrogen) atoms. The molecule has 2 N–H and O–H groups in total. The van der Waals surface area contributed by atoms with Crippen molar-refractivity contribution in [2.45, 2.75) is 12.2 Å². The fourth-order valence-corrected chi connectivity index (χ4v) is 1.60. The first kappa shape index (κ1) is 14.5. The van der Waals surface area contributed by atoms with Gasteiger partial charge in [0.2, 0.25) is 0 Å². The minimum atomic E-state index is -5.13. The highest BCUT2D eigenvalue weighted by Gasteiger charge is 2.41. The maximum atomic E-state index is 12.1. The van der Waals surface area contributed by atoms with Gasteiger partial charge in [0.05, 0.1) is 0 Å². The molecule has 1 amide bonds. The van der Waals surface area contributed by atoms with E-state index in [0.29, 0.717) is 4.47 Å². The largest absolute Gasteiger partial charge is 0.479 e. The van der Waals surface area contributed by atoms with E-state index in [1.54, 1.807) is 6.07 Å². The van der Waals surface area contributed by atoms with Crippen molar-refractivity contribution in [1.82, 2.24) is 5.32 Å². The molecule has 1 aromatic carbocycles. The van der Waals surface area contributed by atoms with Crippen LogP contribution in [0, 0.1) is 0 Å². The van der Waals surface area contributed by atoms with E-state index in [4.69, 9.17) is 5.11 Å². The van der Waals surface area contributed by atoms with Gasteiger partial charge in [0.15, 0.2) is 6.04 Å². The Morgan fingerprint density at radius 3 is 2.39 bits per heavy atom. The average Bonchev–Trinajstić information content (AvgIpc) is 2.23. The van der Waals surface area contributed by atoms with Gasteiger partial charge in [0.1, 0.15) is 0 Å². The molecule has 0 aromatic heterocycles. The second kappa shape index (κ2) is 5.38. The lowest BCUT2D eigenvalue weighted by Gasteiger charge is -2.16. The molecule has 0 radical (unpaired) electrons. The Kier molecular flexibility index (Phi) is 4.33. The molecule has 0 bridgehead atoms. The van der Waals surface area contributed by atoms with Crippen LogP contribution in [-0.2, 0) is 9.59 Å². The van der Waals surface area contributed by atoms with Gasteiger partial charge in [-0.3, -0.25) is 4.79 Å². The van der Waals surface area contributed by atoms with Crippen molar-refractivity contribution < 1.29 is 27.9 Å². The van der Waals surface area contributed by atoms with E-state index in [1.165, 1.54) is 23.5 Å². The third-order valence-corrected chi connectivity index (χ3v) is 2.46. The molecular weight excluding hydrogens is 319 g/mol. The van der Waals surface area contributed by atoms with Crippen LogP contribution in [0.5, 0.6) is 0 Å². The maximum absolute atomic E-state index is 12.1. The standard InChI is InChI=1S/C10H7BrF3NO3/c11-6-3-1-2-5(4-6)7(8(16)17)15-9(18)10(12,13)14/h1-4,7H,(H,15,18)(H,16,17). The minimum absolute atomic E-state index is 0.0366. The molecule has 0 aliphatic rings. The Bertz CT molecular complexity index is 476. The van der Waals surface area contributed by atoms with Crippen LogP contribution < -0.4 is 5.32 Å². The van der Waals surface area contributed by atoms with E-state index in [1.807, 2.05) is 0 Å². The molecule has 8 heteroatoms. The van der Waals surface area contributed by atoms with Gasteiger partial charge in [-0.15, -0.1) is 0 Å². The number of carbonyl (C=O) groups is 2. The minimum Gasteiger partial charge on any atom is -0.479 e. The van der Waals surface area contributed by atoms with Crippen molar-refractivity contribution in [3.8, 4) is 0 Å². The number of hydrogen-bond donors (Lipinski definition) is 2. The Labute approximate surface area is 108 Å². The summed E-state index contributed by atoms with van der Waals surface area (Å²) in [4.78, 5) is 21.6. The quantitative estimate of drug-likeness (QED) is 0.895. The normalized spacial score (nSPS) is 12.9. The summed E-state index contributed by atoms with van der Waals surface area (Å²) in [6.07, 6.45) is -5.13. The van der Waals surface area contributed by atoms with Gasteiger partial charge in [-0.25, -0.2) is 4.79 Å². The summed E-state index contributed by atoms with van der Waals surface area (Å²) >= 11 is 3.06. The Morgan fingerprint density at radius 1 is 1.33 bits per heavy atom. The number of carbonyl (C=O) groups excluding carboxylic acids is 1. The third-order valence-electron chi connectivity index (χ3n) is 1.96. The van der Waals surface area contributed by atoms with Crippen LogP contribution >= 0.6 is 15.9 Å². The van der Waals surface area contributed by atoms with Gasteiger partial charge in [0.25, 0.3) is 0 Å². The van der Waals surface area contributed by atoms with E-state index < -0.39 is 24.1 Å². The Morgan fingerprint density at radius 2 is 1.94 bits per heavy atom. The number of carboxylic acid groups (broad SMARTS) is 1. The predicted molar refractivity (Wildman–Crippen MR) is 58.7 cm³/mol. The summed E-state index contributed by atoms with van der Waals surface area (Å²) in [5.74, 6) is -3.87. The molecular formula is C10H7BrF3NO3. The van der Waals surface area contributed by atoms with Gasteiger partial charge >= 0.3 is 18.1 Å². The lowest BCUT2D eigenvalue weighted by atomic mass is 10.1. The number of hydrogen-bond acceptors (Lipinski definition) is 2. The molecule has 0 fully saturated rings. The van der Waals surface area contributed by atoms with Crippen LogP contribution in [0.2, 0.25) is 0 Å². The monoisotopic (exact) mass is 325 g/mol. The van der Waals surface area contributed by atoms with E-state index >= 15 is 0 Å². The molecule has 1 aromatic rings. The molecule has 4 nitrogen and oxygen atoms in total. The number of amides is 1. The smallest absolute Gasteiger partial charge is 0.471 e. The van der Waals surface area contributed by atoms with E-state index in [9.17, 15) is 22.8 Å². The molecule has 0 saturated carbocycles. The zero-order chi connectivity index (χ0) is 13.9.